The highest BCUT2D eigenvalue weighted by Crippen LogP contribution is 2.34. The normalized spacial score (nSPS) is 19.2. The van der Waals surface area contributed by atoms with E-state index >= 15 is 0 Å². The lowest BCUT2D eigenvalue weighted by Gasteiger charge is -2.56. The van der Waals surface area contributed by atoms with Crippen molar-refractivity contribution < 1.29 is 19.1 Å². The predicted molar refractivity (Wildman–Crippen MR) is 163 cm³/mol. The zero-order valence-electron chi connectivity index (χ0n) is 24.6. The third-order valence-corrected chi connectivity index (χ3v) is 8.87. The fourth-order valence-electron chi connectivity index (χ4n) is 6.19. The molecule has 2 N–H and O–H groups in total. The van der Waals surface area contributed by atoms with Gasteiger partial charge in [0.15, 0.2) is 0 Å². The lowest BCUT2D eigenvalue weighted by molar-refractivity contribution is -0.150. The third kappa shape index (κ3) is 5.33. The average Bonchev–Trinajstić information content (AvgIpc) is 3.48. The molecule has 6 rings (SSSR count). The molecule has 4 heterocycles. The lowest BCUT2D eigenvalue weighted by atomic mass is 9.84. The number of hydrogen-bond donors (Lipinski definition) is 2. The van der Waals surface area contributed by atoms with Gasteiger partial charge in [-0.2, -0.15) is 0 Å². The zero-order chi connectivity index (χ0) is 30.1. The van der Waals surface area contributed by atoms with E-state index in [1.54, 1.807) is 30.5 Å². The Morgan fingerprint density at radius 1 is 1.05 bits per heavy atom. The number of aromatic amines is 1. The molecule has 2 aliphatic heterocycles. The number of fused-ring (bicyclic) bond motifs is 2. The van der Waals surface area contributed by atoms with Gasteiger partial charge in [-0.25, -0.2) is 9.97 Å². The number of nitrogens with zero attached hydrogens (tertiary/aromatic N) is 4. The van der Waals surface area contributed by atoms with E-state index in [9.17, 15) is 14.4 Å². The molecule has 4 aromatic rings. The standard InChI is InChI=1S/C33H36N6O4/c1-4-20(2)29(37-31(40)25-16-21-10-5-7-12-24(21)36-25)32(41)39-19-27-26(39)13-9-15-38(27)33(42)30-34-17-22(18-35-30)23-11-6-8-14-28(23)43-3/h5-8,10-12,14,16-18,20,26-27,29,36H,4,9,13,15,19H2,1-3H3,(H,37,40)/t20-,26?,27+,29-/m0/s1. The van der Waals surface area contributed by atoms with Crippen LogP contribution in [0.5, 0.6) is 5.75 Å². The van der Waals surface area contributed by atoms with E-state index in [4.69, 9.17) is 4.74 Å². The molecular formula is C33H36N6O4. The van der Waals surface area contributed by atoms with Crippen molar-refractivity contribution in [2.24, 2.45) is 5.92 Å². The number of para-hydroxylation sites is 2. The number of rotatable bonds is 8. The summed E-state index contributed by atoms with van der Waals surface area (Å²) in [5.41, 5.74) is 2.91. The van der Waals surface area contributed by atoms with Crippen LogP contribution >= 0.6 is 0 Å². The van der Waals surface area contributed by atoms with Gasteiger partial charge in [0, 0.05) is 47.5 Å². The summed E-state index contributed by atoms with van der Waals surface area (Å²) in [5.74, 6) is 0.131. The number of ether oxygens (including phenoxy) is 1. The molecule has 10 nitrogen and oxygen atoms in total. The number of carbonyl (C=O) groups excluding carboxylic acids is 3. The number of amides is 3. The van der Waals surface area contributed by atoms with E-state index in [0.717, 1.165) is 41.3 Å². The lowest BCUT2D eigenvalue weighted by Crippen LogP contribution is -2.73. The van der Waals surface area contributed by atoms with Gasteiger partial charge in [-0.15, -0.1) is 0 Å². The van der Waals surface area contributed by atoms with Crippen LogP contribution in [0.15, 0.2) is 67.0 Å². The second kappa shape index (κ2) is 11.9. The first-order chi connectivity index (χ1) is 20.9. The maximum absolute atomic E-state index is 13.9. The van der Waals surface area contributed by atoms with E-state index in [1.165, 1.54) is 0 Å². The maximum Gasteiger partial charge on any atom is 0.292 e. The monoisotopic (exact) mass is 580 g/mol. The number of aromatic nitrogens is 3. The molecule has 0 radical (unpaired) electrons. The van der Waals surface area contributed by atoms with Gasteiger partial charge in [0.2, 0.25) is 11.7 Å². The van der Waals surface area contributed by atoms with Crippen molar-refractivity contribution in [3.63, 3.8) is 0 Å². The van der Waals surface area contributed by atoms with E-state index in [1.807, 2.05) is 67.3 Å². The van der Waals surface area contributed by atoms with Crippen molar-refractivity contribution in [3.8, 4) is 16.9 Å². The summed E-state index contributed by atoms with van der Waals surface area (Å²) in [5, 5.41) is 3.95. The Morgan fingerprint density at radius 2 is 1.79 bits per heavy atom. The van der Waals surface area contributed by atoms with Gasteiger partial charge in [-0.3, -0.25) is 14.4 Å². The topological polar surface area (TPSA) is 121 Å². The van der Waals surface area contributed by atoms with Crippen LogP contribution in [0.3, 0.4) is 0 Å². The van der Waals surface area contributed by atoms with Gasteiger partial charge in [0.25, 0.3) is 11.8 Å². The summed E-state index contributed by atoms with van der Waals surface area (Å²) >= 11 is 0. The van der Waals surface area contributed by atoms with Gasteiger partial charge >= 0.3 is 0 Å². The maximum atomic E-state index is 13.9. The molecule has 2 aliphatic rings. The summed E-state index contributed by atoms with van der Waals surface area (Å²) in [6, 6.07) is 16.2. The largest absolute Gasteiger partial charge is 0.496 e. The van der Waals surface area contributed by atoms with Gasteiger partial charge in [-0.05, 0) is 37.0 Å². The van der Waals surface area contributed by atoms with Crippen LogP contribution in [-0.2, 0) is 4.79 Å². The van der Waals surface area contributed by atoms with Crippen molar-refractivity contribution in [2.75, 3.05) is 20.2 Å². The van der Waals surface area contributed by atoms with Gasteiger partial charge in [0.1, 0.15) is 17.5 Å². The molecule has 43 heavy (non-hydrogen) atoms. The second-order valence-corrected chi connectivity index (χ2v) is 11.4. The third-order valence-electron chi connectivity index (χ3n) is 8.87. The number of nitrogens with one attached hydrogen (secondary N) is 2. The van der Waals surface area contributed by atoms with Crippen molar-refractivity contribution in [1.29, 1.82) is 0 Å². The van der Waals surface area contributed by atoms with E-state index < -0.39 is 6.04 Å². The predicted octanol–water partition coefficient (Wildman–Crippen LogP) is 4.29. The van der Waals surface area contributed by atoms with Crippen molar-refractivity contribution >= 4 is 28.6 Å². The number of piperidine rings is 1. The molecule has 2 aromatic heterocycles. The number of carbonyl (C=O) groups is 3. The molecule has 2 saturated heterocycles. The number of benzene rings is 2. The van der Waals surface area contributed by atoms with Gasteiger partial charge in [0.05, 0.1) is 19.2 Å². The molecule has 3 amide bonds. The highest BCUT2D eigenvalue weighted by molar-refractivity contribution is 6.00. The van der Waals surface area contributed by atoms with E-state index in [-0.39, 0.29) is 41.5 Å². The number of hydrogen-bond acceptors (Lipinski definition) is 6. The Balaban J connectivity index is 1.14. The minimum Gasteiger partial charge on any atom is -0.496 e. The fraction of sp³-hybridized carbons (Fsp3) is 0.364. The first-order valence-electron chi connectivity index (χ1n) is 14.8. The Hall–Kier alpha value is -4.73. The molecular weight excluding hydrogens is 544 g/mol. The molecule has 0 saturated carbocycles. The molecule has 2 aromatic carbocycles. The van der Waals surface area contributed by atoms with Crippen molar-refractivity contribution in [3.05, 3.63) is 78.5 Å². The molecule has 0 spiro atoms. The Labute approximate surface area is 250 Å². The quantitative estimate of drug-likeness (QED) is 0.321. The molecule has 1 unspecified atom stereocenters. The average molecular weight is 581 g/mol. The summed E-state index contributed by atoms with van der Waals surface area (Å²) < 4.78 is 5.44. The minimum absolute atomic E-state index is 0.0589. The van der Waals surface area contributed by atoms with Crippen LogP contribution in [0.2, 0.25) is 0 Å². The Bertz CT molecular complexity index is 1620. The summed E-state index contributed by atoms with van der Waals surface area (Å²) in [6.07, 6.45) is 5.59. The van der Waals surface area contributed by atoms with Gasteiger partial charge < -0.3 is 24.8 Å². The van der Waals surface area contributed by atoms with E-state index in [0.29, 0.717) is 24.5 Å². The fourth-order valence-corrected chi connectivity index (χ4v) is 6.19. The van der Waals surface area contributed by atoms with Crippen LogP contribution < -0.4 is 10.1 Å². The van der Waals surface area contributed by atoms with Crippen molar-refractivity contribution in [1.82, 2.24) is 30.1 Å². The first kappa shape index (κ1) is 28.4. The summed E-state index contributed by atoms with van der Waals surface area (Å²) in [7, 11) is 1.61. The van der Waals surface area contributed by atoms with Crippen LogP contribution in [0.1, 0.15) is 54.2 Å². The van der Waals surface area contributed by atoms with Crippen LogP contribution in [-0.4, -0.2) is 80.8 Å². The summed E-state index contributed by atoms with van der Waals surface area (Å²) in [6.45, 7) is 5.00. The molecule has 10 heteroatoms. The van der Waals surface area contributed by atoms with Gasteiger partial charge in [-0.1, -0.05) is 56.7 Å². The number of likely N-dealkylation sites (tertiary alicyclic amines) is 2. The first-order valence-corrected chi connectivity index (χ1v) is 14.8. The number of methoxy groups -OCH3 is 1. The highest BCUT2D eigenvalue weighted by Gasteiger charge is 2.50. The molecule has 4 atom stereocenters. The molecule has 0 aliphatic carbocycles. The number of H-pyrrole nitrogens is 1. The minimum atomic E-state index is -0.665. The molecule has 2 fully saturated rings. The second-order valence-electron chi connectivity index (χ2n) is 11.4. The molecule has 0 bridgehead atoms. The van der Waals surface area contributed by atoms with Crippen molar-refractivity contribution in [2.45, 2.75) is 51.2 Å². The van der Waals surface area contributed by atoms with Crippen LogP contribution in [0.4, 0.5) is 0 Å². The Kier molecular flexibility index (Phi) is 7.84. The van der Waals surface area contributed by atoms with Crippen LogP contribution in [0, 0.1) is 5.92 Å². The SMILES string of the molecule is CC[C@H](C)[C@H](NC(=O)c1cc2ccccc2[nH]1)C(=O)N1C[C@@H]2C1CCCN2C(=O)c1ncc(-c2ccccc2OC)cn1. The summed E-state index contributed by atoms with van der Waals surface area (Å²) in [4.78, 5) is 56.2. The van der Waals surface area contributed by atoms with Crippen LogP contribution in [0.25, 0.3) is 22.0 Å². The zero-order valence-corrected chi connectivity index (χ0v) is 24.6. The van der Waals surface area contributed by atoms with E-state index in [2.05, 4.69) is 20.3 Å². The highest BCUT2D eigenvalue weighted by atomic mass is 16.5. The smallest absolute Gasteiger partial charge is 0.292 e. The molecule has 222 valence electrons. The Morgan fingerprint density at radius 3 is 2.53 bits per heavy atom.